The summed E-state index contributed by atoms with van der Waals surface area (Å²) < 4.78 is 22.6. The fourth-order valence-electron chi connectivity index (χ4n) is 5.84. The number of hydrogen-bond acceptors (Lipinski definition) is 4. The van der Waals surface area contributed by atoms with Gasteiger partial charge in [0.25, 0.3) is 5.91 Å². The number of aromatic nitrogens is 2. The van der Waals surface area contributed by atoms with Crippen molar-refractivity contribution in [3.63, 3.8) is 0 Å². The molecular formula is C35H32FN3O3. The van der Waals surface area contributed by atoms with E-state index in [1.54, 1.807) is 16.8 Å². The van der Waals surface area contributed by atoms with Crippen LogP contribution in [0.3, 0.4) is 0 Å². The minimum atomic E-state index is -0.396. The average Bonchev–Trinajstić information content (AvgIpc) is 3.46. The highest BCUT2D eigenvalue weighted by atomic mass is 19.1. The number of fused-ring (bicyclic) bond motifs is 1. The molecule has 1 saturated heterocycles. The number of carbonyl (C=O) groups excluding carboxylic acids is 2. The van der Waals surface area contributed by atoms with Crippen molar-refractivity contribution >= 4 is 23.0 Å². The third kappa shape index (κ3) is 5.30. The summed E-state index contributed by atoms with van der Waals surface area (Å²) in [6.45, 7) is 5.39. The summed E-state index contributed by atoms with van der Waals surface area (Å²) in [4.78, 5) is 32.0. The smallest absolute Gasteiger partial charge is 0.274 e. The Morgan fingerprint density at radius 2 is 1.83 bits per heavy atom. The second kappa shape index (κ2) is 11.6. The fraction of sp³-hybridized carbons (Fsp3) is 0.229. The van der Waals surface area contributed by atoms with Gasteiger partial charge in [-0.05, 0) is 84.8 Å². The van der Waals surface area contributed by atoms with Gasteiger partial charge in [-0.1, -0.05) is 42.5 Å². The quantitative estimate of drug-likeness (QED) is 0.195. The molecule has 212 valence electrons. The first-order valence-corrected chi connectivity index (χ1v) is 14.3. The average molecular weight is 562 g/mol. The second-order valence-corrected chi connectivity index (χ2v) is 10.7. The molecule has 1 aromatic heterocycles. The summed E-state index contributed by atoms with van der Waals surface area (Å²) in [5.41, 5.74) is 3.93. The van der Waals surface area contributed by atoms with Gasteiger partial charge in [0.05, 0.1) is 17.9 Å². The first-order valence-electron chi connectivity index (χ1n) is 14.3. The van der Waals surface area contributed by atoms with Crippen LogP contribution in [0.1, 0.15) is 57.7 Å². The number of nitrogens with zero attached hydrogens (tertiary/aromatic N) is 3. The van der Waals surface area contributed by atoms with Gasteiger partial charge in [0, 0.05) is 30.9 Å². The van der Waals surface area contributed by atoms with Crippen LogP contribution in [0.15, 0.2) is 85.1 Å². The van der Waals surface area contributed by atoms with Gasteiger partial charge in [-0.2, -0.15) is 0 Å². The maximum Gasteiger partial charge on any atom is 0.274 e. The van der Waals surface area contributed by atoms with Crippen molar-refractivity contribution < 1.29 is 18.7 Å². The highest BCUT2D eigenvalue weighted by molar-refractivity contribution is 5.98. The van der Waals surface area contributed by atoms with Gasteiger partial charge in [0.1, 0.15) is 23.1 Å². The number of rotatable bonds is 7. The third-order valence-electron chi connectivity index (χ3n) is 7.99. The van der Waals surface area contributed by atoms with E-state index in [9.17, 15) is 9.59 Å². The van der Waals surface area contributed by atoms with Gasteiger partial charge in [0.2, 0.25) is 0 Å². The van der Waals surface area contributed by atoms with E-state index in [-0.39, 0.29) is 17.5 Å². The lowest BCUT2D eigenvalue weighted by Crippen LogP contribution is -2.38. The van der Waals surface area contributed by atoms with E-state index in [0.29, 0.717) is 42.4 Å². The minimum absolute atomic E-state index is 0.186. The molecule has 0 radical (unpaired) electrons. The van der Waals surface area contributed by atoms with E-state index in [4.69, 9.17) is 4.74 Å². The van der Waals surface area contributed by atoms with Crippen LogP contribution in [-0.2, 0) is 0 Å². The van der Waals surface area contributed by atoms with E-state index in [1.165, 1.54) is 6.07 Å². The topological polar surface area (TPSA) is 64.4 Å². The Labute approximate surface area is 244 Å². The summed E-state index contributed by atoms with van der Waals surface area (Å²) in [5.74, 6) is 0.701. The summed E-state index contributed by atoms with van der Waals surface area (Å²) in [6.07, 6.45) is 4.16. The Kier molecular flexibility index (Phi) is 7.57. The fourth-order valence-corrected chi connectivity index (χ4v) is 5.84. The molecule has 7 heteroatoms. The molecule has 0 aliphatic carbocycles. The van der Waals surface area contributed by atoms with Crippen LogP contribution in [0.2, 0.25) is 0 Å². The molecule has 6 nitrogen and oxygen atoms in total. The van der Waals surface area contributed by atoms with Gasteiger partial charge in [-0.25, -0.2) is 9.37 Å². The molecule has 0 saturated carbocycles. The second-order valence-electron chi connectivity index (χ2n) is 10.7. The Balaban J connectivity index is 1.28. The summed E-state index contributed by atoms with van der Waals surface area (Å²) >= 11 is 0. The molecule has 1 aliphatic heterocycles. The maximum absolute atomic E-state index is 15.2. The largest absolute Gasteiger partial charge is 0.494 e. The SMILES string of the molecule is CCOc1cccc(-n2cc(C(=O)N3CCC(c4cc(C=O)c5ccccc5c4)CC3)nc2-c2ccc(C)cc2F)c1. The van der Waals surface area contributed by atoms with Crippen molar-refractivity contribution in [2.75, 3.05) is 19.7 Å². The monoisotopic (exact) mass is 561 g/mol. The predicted octanol–water partition coefficient (Wildman–Crippen LogP) is 7.37. The highest BCUT2D eigenvalue weighted by Gasteiger charge is 2.28. The van der Waals surface area contributed by atoms with Crippen molar-refractivity contribution in [1.29, 1.82) is 0 Å². The van der Waals surface area contributed by atoms with Gasteiger partial charge >= 0.3 is 0 Å². The van der Waals surface area contributed by atoms with Gasteiger partial charge in [0.15, 0.2) is 6.29 Å². The van der Waals surface area contributed by atoms with Crippen molar-refractivity contribution in [3.05, 3.63) is 113 Å². The highest BCUT2D eigenvalue weighted by Crippen LogP contribution is 2.33. The van der Waals surface area contributed by atoms with Crippen molar-refractivity contribution in [2.45, 2.75) is 32.6 Å². The number of benzene rings is 4. The Bertz CT molecular complexity index is 1790. The summed E-state index contributed by atoms with van der Waals surface area (Å²) in [6, 6.07) is 24.5. The molecule has 0 unspecified atom stereocenters. The number of piperidine rings is 1. The predicted molar refractivity (Wildman–Crippen MR) is 162 cm³/mol. The van der Waals surface area contributed by atoms with Gasteiger partial charge in [-0.3, -0.25) is 14.2 Å². The van der Waals surface area contributed by atoms with E-state index in [0.717, 1.165) is 46.7 Å². The van der Waals surface area contributed by atoms with E-state index in [1.807, 2.05) is 79.4 Å². The number of halogens is 1. The third-order valence-corrected chi connectivity index (χ3v) is 7.99. The van der Waals surface area contributed by atoms with Crippen molar-refractivity contribution in [3.8, 4) is 22.8 Å². The minimum Gasteiger partial charge on any atom is -0.494 e. The Hall–Kier alpha value is -4.78. The van der Waals surface area contributed by atoms with Crippen LogP contribution in [-0.4, -0.2) is 46.3 Å². The van der Waals surface area contributed by atoms with Crippen LogP contribution in [0, 0.1) is 12.7 Å². The molecule has 42 heavy (non-hydrogen) atoms. The van der Waals surface area contributed by atoms with E-state index >= 15 is 4.39 Å². The molecular weight excluding hydrogens is 529 g/mol. The molecule has 0 N–H and O–H groups in total. The number of likely N-dealkylation sites (tertiary alicyclic amines) is 1. The first kappa shape index (κ1) is 27.4. The lowest BCUT2D eigenvalue weighted by molar-refractivity contribution is 0.0707. The molecule has 1 amide bonds. The molecule has 2 heterocycles. The Morgan fingerprint density at radius 1 is 1.02 bits per heavy atom. The van der Waals surface area contributed by atoms with Crippen LogP contribution < -0.4 is 4.74 Å². The number of aldehydes is 1. The number of hydrogen-bond donors (Lipinski definition) is 0. The lowest BCUT2D eigenvalue weighted by Gasteiger charge is -2.32. The van der Waals surface area contributed by atoms with Gasteiger partial charge in [-0.15, -0.1) is 0 Å². The number of imidazole rings is 1. The van der Waals surface area contributed by atoms with Crippen LogP contribution >= 0.6 is 0 Å². The molecule has 5 aromatic rings. The van der Waals surface area contributed by atoms with Crippen LogP contribution in [0.5, 0.6) is 5.75 Å². The zero-order valence-corrected chi connectivity index (χ0v) is 23.7. The first-order chi connectivity index (χ1) is 20.4. The Morgan fingerprint density at radius 3 is 2.60 bits per heavy atom. The van der Waals surface area contributed by atoms with Crippen molar-refractivity contribution in [2.24, 2.45) is 0 Å². The standard InChI is InChI=1S/C35H32FN3O3/c1-3-42-29-9-6-8-28(20-29)39-21-33(37-34(39)31-12-11-23(2)17-32(31)36)35(41)38-15-13-24(14-16-38)26-18-25-7-4-5-10-30(25)27(19-26)22-40/h4-12,17-22,24H,3,13-16H2,1-2H3. The molecule has 1 aliphatic rings. The zero-order valence-electron chi connectivity index (χ0n) is 23.7. The molecule has 4 aromatic carbocycles. The summed E-state index contributed by atoms with van der Waals surface area (Å²) in [5, 5.41) is 2.00. The zero-order chi connectivity index (χ0) is 29.2. The number of amides is 1. The molecule has 6 rings (SSSR count). The molecule has 1 fully saturated rings. The molecule has 0 atom stereocenters. The lowest BCUT2D eigenvalue weighted by atomic mass is 9.87. The molecule has 0 bridgehead atoms. The van der Waals surface area contributed by atoms with Crippen molar-refractivity contribution in [1.82, 2.24) is 14.5 Å². The normalized spacial score (nSPS) is 13.8. The maximum atomic E-state index is 15.2. The van der Waals surface area contributed by atoms with E-state index < -0.39 is 5.82 Å². The summed E-state index contributed by atoms with van der Waals surface area (Å²) in [7, 11) is 0. The van der Waals surface area contributed by atoms with Crippen LogP contribution in [0.25, 0.3) is 27.8 Å². The number of ether oxygens (including phenoxy) is 1. The molecule has 0 spiro atoms. The van der Waals surface area contributed by atoms with Gasteiger partial charge < -0.3 is 9.64 Å². The van der Waals surface area contributed by atoms with E-state index in [2.05, 4.69) is 11.1 Å². The van der Waals surface area contributed by atoms with Crippen LogP contribution in [0.4, 0.5) is 4.39 Å². The number of aryl methyl sites for hydroxylation is 1. The number of carbonyl (C=O) groups is 2.